The van der Waals surface area contributed by atoms with Crippen LogP contribution in [0.25, 0.3) is 34.0 Å². The van der Waals surface area contributed by atoms with E-state index >= 15 is 0 Å². The van der Waals surface area contributed by atoms with Crippen molar-refractivity contribution in [2.24, 2.45) is 0 Å². The van der Waals surface area contributed by atoms with Gasteiger partial charge in [-0.3, -0.25) is 4.57 Å². The Morgan fingerprint density at radius 2 is 1.67 bits per heavy atom. The number of hydrogen-bond acceptors (Lipinski definition) is 4. The van der Waals surface area contributed by atoms with Gasteiger partial charge in [0, 0.05) is 21.7 Å². The van der Waals surface area contributed by atoms with Crippen molar-refractivity contribution in [3.8, 4) is 16.9 Å². The molecule has 3 aromatic carbocycles. The van der Waals surface area contributed by atoms with Crippen LogP contribution in [0.2, 0.25) is 0 Å². The first-order valence-corrected chi connectivity index (χ1v) is 12.5. The van der Waals surface area contributed by atoms with Gasteiger partial charge in [-0.05, 0) is 63.3 Å². The second-order valence-electron chi connectivity index (χ2n) is 7.20. The van der Waals surface area contributed by atoms with E-state index in [-0.39, 0.29) is 0 Å². The lowest BCUT2D eigenvalue weighted by Crippen LogP contribution is -2.03. The van der Waals surface area contributed by atoms with Crippen LogP contribution in [-0.4, -0.2) is 9.55 Å². The Morgan fingerprint density at radius 3 is 2.42 bits per heavy atom. The number of para-hydroxylation sites is 1. The van der Waals surface area contributed by atoms with Gasteiger partial charge >= 0.3 is 5.63 Å². The van der Waals surface area contributed by atoms with Crippen LogP contribution in [-0.2, 0) is 0 Å². The summed E-state index contributed by atoms with van der Waals surface area (Å²) in [6.45, 7) is 0. The molecule has 0 radical (unpaired) electrons. The number of fused-ring (bicyclic) bond motifs is 1. The van der Waals surface area contributed by atoms with Crippen LogP contribution in [0.3, 0.4) is 0 Å². The molecule has 0 saturated heterocycles. The SMILES string of the molecule is O=c1oc2c(Br)cc(Br)cc2cc1-c1cn(-c2ccccc2)c(S/C=C\c2ccccc2)n1. The molecule has 0 atom stereocenters. The molecule has 33 heavy (non-hydrogen) atoms. The smallest absolute Gasteiger partial charge is 0.345 e. The first kappa shape index (κ1) is 21.9. The van der Waals surface area contributed by atoms with Gasteiger partial charge in [0.05, 0.1) is 15.7 Å². The van der Waals surface area contributed by atoms with Crippen molar-refractivity contribution in [2.45, 2.75) is 5.16 Å². The minimum absolute atomic E-state index is 0.413. The number of rotatable bonds is 5. The molecule has 7 heteroatoms. The Bertz CT molecular complexity index is 1530. The van der Waals surface area contributed by atoms with Crippen molar-refractivity contribution in [2.75, 3.05) is 0 Å². The molecule has 0 aliphatic carbocycles. The zero-order valence-electron chi connectivity index (χ0n) is 17.1. The molecule has 0 bridgehead atoms. The van der Waals surface area contributed by atoms with Gasteiger partial charge in [0.25, 0.3) is 0 Å². The second kappa shape index (κ2) is 9.55. The maximum Gasteiger partial charge on any atom is 0.345 e. The third kappa shape index (κ3) is 4.76. The predicted octanol–water partition coefficient (Wildman–Crippen LogP) is 7.93. The molecule has 0 aliphatic heterocycles. The van der Waals surface area contributed by atoms with Crippen molar-refractivity contribution >= 4 is 60.7 Å². The highest BCUT2D eigenvalue weighted by Gasteiger charge is 2.16. The fraction of sp³-hybridized carbons (Fsp3) is 0. The molecular weight excluding hydrogens is 564 g/mol. The van der Waals surface area contributed by atoms with E-state index in [0.29, 0.717) is 21.3 Å². The van der Waals surface area contributed by atoms with E-state index in [0.717, 1.165) is 26.3 Å². The van der Waals surface area contributed by atoms with Crippen LogP contribution in [0.5, 0.6) is 0 Å². The Kier molecular flexibility index (Phi) is 6.35. The fourth-order valence-corrected chi connectivity index (χ4v) is 5.53. The number of imidazole rings is 1. The number of benzene rings is 3. The van der Waals surface area contributed by atoms with E-state index < -0.39 is 5.63 Å². The van der Waals surface area contributed by atoms with E-state index in [1.807, 2.05) is 101 Å². The first-order chi connectivity index (χ1) is 16.1. The summed E-state index contributed by atoms with van der Waals surface area (Å²) < 4.78 is 9.22. The van der Waals surface area contributed by atoms with Crippen LogP contribution in [0.1, 0.15) is 5.56 Å². The lowest BCUT2D eigenvalue weighted by atomic mass is 10.1. The van der Waals surface area contributed by atoms with Gasteiger partial charge in [0.1, 0.15) is 0 Å². The number of aromatic nitrogens is 2. The maximum absolute atomic E-state index is 12.9. The molecule has 0 N–H and O–H groups in total. The molecule has 0 amide bonds. The normalized spacial score (nSPS) is 11.5. The number of hydrogen-bond donors (Lipinski definition) is 0. The van der Waals surface area contributed by atoms with E-state index in [4.69, 9.17) is 9.40 Å². The highest BCUT2D eigenvalue weighted by molar-refractivity contribution is 9.11. The maximum atomic E-state index is 12.9. The van der Waals surface area contributed by atoms with Crippen molar-refractivity contribution in [1.29, 1.82) is 0 Å². The Balaban J connectivity index is 1.59. The number of thioether (sulfide) groups is 1. The average Bonchev–Trinajstić information content (AvgIpc) is 3.24. The van der Waals surface area contributed by atoms with Crippen molar-refractivity contribution in [3.63, 3.8) is 0 Å². The monoisotopic (exact) mass is 578 g/mol. The van der Waals surface area contributed by atoms with Gasteiger partial charge in [0.15, 0.2) is 10.7 Å². The number of nitrogens with zero attached hydrogens (tertiary/aromatic N) is 2. The van der Waals surface area contributed by atoms with Gasteiger partial charge in [0.2, 0.25) is 0 Å². The van der Waals surface area contributed by atoms with Crippen LogP contribution in [0, 0.1) is 0 Å². The van der Waals surface area contributed by atoms with Crippen LogP contribution >= 0.6 is 43.6 Å². The van der Waals surface area contributed by atoms with Crippen LogP contribution < -0.4 is 5.63 Å². The summed E-state index contributed by atoms with van der Waals surface area (Å²) in [5, 5.41) is 3.55. The quantitative estimate of drug-likeness (QED) is 0.157. The summed E-state index contributed by atoms with van der Waals surface area (Å²) >= 11 is 8.45. The summed E-state index contributed by atoms with van der Waals surface area (Å²) in [4.78, 5) is 17.6. The molecule has 2 aromatic heterocycles. The van der Waals surface area contributed by atoms with Gasteiger partial charge in [-0.2, -0.15) is 0 Å². The van der Waals surface area contributed by atoms with Crippen molar-refractivity contribution in [3.05, 3.63) is 115 Å². The third-order valence-corrected chi connectivity index (χ3v) is 6.79. The van der Waals surface area contributed by atoms with Gasteiger partial charge in [-0.25, -0.2) is 9.78 Å². The topological polar surface area (TPSA) is 48.0 Å². The largest absolute Gasteiger partial charge is 0.421 e. The van der Waals surface area contributed by atoms with E-state index in [1.165, 1.54) is 11.8 Å². The zero-order chi connectivity index (χ0) is 22.8. The Labute approximate surface area is 211 Å². The summed E-state index contributed by atoms with van der Waals surface area (Å²) in [6.07, 6.45) is 3.91. The molecule has 0 saturated carbocycles. The minimum atomic E-state index is -0.431. The van der Waals surface area contributed by atoms with Gasteiger partial charge in [-0.1, -0.05) is 76.2 Å². The van der Waals surface area contributed by atoms with Gasteiger partial charge < -0.3 is 4.42 Å². The first-order valence-electron chi connectivity index (χ1n) is 10.0. The molecule has 0 aliphatic rings. The van der Waals surface area contributed by atoms with Crippen molar-refractivity contribution < 1.29 is 4.42 Å². The lowest BCUT2D eigenvalue weighted by Gasteiger charge is -2.05. The van der Waals surface area contributed by atoms with E-state index in [2.05, 4.69) is 31.9 Å². The molecule has 5 rings (SSSR count). The predicted molar refractivity (Wildman–Crippen MR) is 142 cm³/mol. The fourth-order valence-electron chi connectivity index (χ4n) is 3.42. The molecule has 0 unspecified atom stereocenters. The summed E-state index contributed by atoms with van der Waals surface area (Å²) in [6, 6.07) is 25.6. The van der Waals surface area contributed by atoms with Crippen molar-refractivity contribution in [1.82, 2.24) is 9.55 Å². The summed E-state index contributed by atoms with van der Waals surface area (Å²) in [7, 11) is 0. The Morgan fingerprint density at radius 1 is 0.939 bits per heavy atom. The highest BCUT2D eigenvalue weighted by atomic mass is 79.9. The third-order valence-electron chi connectivity index (χ3n) is 4.97. The van der Waals surface area contributed by atoms with Crippen LogP contribution in [0.15, 0.2) is 114 Å². The molecule has 5 aromatic rings. The second-order valence-corrected chi connectivity index (χ2v) is 9.84. The molecule has 0 spiro atoms. The molecule has 0 fully saturated rings. The summed E-state index contributed by atoms with van der Waals surface area (Å²) in [5.74, 6) is 0. The van der Waals surface area contributed by atoms with E-state index in [9.17, 15) is 4.79 Å². The highest BCUT2D eigenvalue weighted by Crippen LogP contribution is 2.32. The van der Waals surface area contributed by atoms with Crippen LogP contribution in [0.4, 0.5) is 0 Å². The zero-order valence-corrected chi connectivity index (χ0v) is 21.1. The molecule has 162 valence electrons. The van der Waals surface area contributed by atoms with E-state index in [1.54, 1.807) is 0 Å². The summed E-state index contributed by atoms with van der Waals surface area (Å²) in [5.41, 5.74) is 3.11. The molecule has 4 nitrogen and oxygen atoms in total. The molecule has 2 heterocycles. The standard InChI is InChI=1S/C26H16Br2N2O2S/c27-19-13-18-14-21(25(31)32-24(18)22(28)15-19)23-16-30(20-9-5-2-6-10-20)26(29-23)33-12-11-17-7-3-1-4-8-17/h1-16H/b12-11-. The lowest BCUT2D eigenvalue weighted by molar-refractivity contribution is 0.561. The van der Waals surface area contributed by atoms with Gasteiger partial charge in [-0.15, -0.1) is 0 Å². The number of halogens is 2. The minimum Gasteiger partial charge on any atom is -0.421 e. The Hall–Kier alpha value is -2.87. The molecular formula is C26H16Br2N2O2S. The average molecular weight is 580 g/mol.